The second-order valence-electron chi connectivity index (χ2n) is 7.37. The monoisotopic (exact) mass is 484 g/mol. The van der Waals surface area contributed by atoms with E-state index in [1.807, 2.05) is 6.07 Å². The molecule has 2 aromatic carbocycles. The van der Waals surface area contributed by atoms with Gasteiger partial charge >= 0.3 is 0 Å². The number of methoxy groups -OCH3 is 1. The maximum atomic E-state index is 13.0. The van der Waals surface area contributed by atoms with Crippen LogP contribution in [0, 0.1) is 11.3 Å². The lowest BCUT2D eigenvalue weighted by Gasteiger charge is -2.27. The molecule has 1 aliphatic heterocycles. The van der Waals surface area contributed by atoms with Crippen LogP contribution in [-0.4, -0.2) is 37.0 Å². The van der Waals surface area contributed by atoms with Gasteiger partial charge in [-0.3, -0.25) is 14.5 Å². The van der Waals surface area contributed by atoms with Gasteiger partial charge in [0.2, 0.25) is 0 Å². The zero-order valence-corrected chi connectivity index (χ0v) is 19.7. The average Bonchev–Trinajstić information content (AvgIpc) is 2.79. The first-order valence-electron chi connectivity index (χ1n) is 10.2. The molecule has 33 heavy (non-hydrogen) atoms. The van der Waals surface area contributed by atoms with Crippen LogP contribution in [0.25, 0.3) is 6.08 Å². The number of hydrogen-bond acceptors (Lipinski definition) is 5. The fraction of sp³-hybridized carbons (Fsp3) is 0.240. The van der Waals surface area contributed by atoms with Crippen molar-refractivity contribution in [1.29, 1.82) is 5.26 Å². The van der Waals surface area contributed by atoms with Crippen molar-refractivity contribution < 1.29 is 19.1 Å². The Kier molecular flexibility index (Phi) is 8.29. The molecule has 1 heterocycles. The lowest BCUT2D eigenvalue weighted by atomic mass is 9.93. The Balaban J connectivity index is 1.79. The predicted molar refractivity (Wildman–Crippen MR) is 127 cm³/mol. The number of nitrogens with zero attached hydrogens (tertiary/aromatic N) is 2. The first-order valence-corrected chi connectivity index (χ1v) is 11.0. The number of nitriles is 1. The third kappa shape index (κ3) is 5.82. The molecule has 2 aromatic rings. The van der Waals surface area contributed by atoms with Crippen LogP contribution in [0.15, 0.2) is 59.2 Å². The van der Waals surface area contributed by atoms with Crippen LogP contribution in [-0.2, 0) is 20.9 Å². The van der Waals surface area contributed by atoms with Gasteiger partial charge in [0.05, 0.1) is 0 Å². The normalized spacial score (nSPS) is 15.2. The predicted octanol–water partition coefficient (Wildman–Crippen LogP) is 5.20. The summed E-state index contributed by atoms with van der Waals surface area (Å²) < 4.78 is 10.8. The molecule has 0 atom stereocenters. The Bertz CT molecular complexity index is 1160. The molecule has 1 aliphatic rings. The zero-order chi connectivity index (χ0) is 24.0. The molecule has 0 unspecified atom stereocenters. The van der Waals surface area contributed by atoms with Gasteiger partial charge in [-0.1, -0.05) is 41.4 Å². The number of amides is 2. The van der Waals surface area contributed by atoms with Crippen LogP contribution in [0.5, 0.6) is 5.75 Å². The molecule has 0 fully saturated rings. The van der Waals surface area contributed by atoms with Gasteiger partial charge in [0.15, 0.2) is 0 Å². The van der Waals surface area contributed by atoms with Crippen molar-refractivity contribution in [2.75, 3.05) is 20.3 Å². The van der Waals surface area contributed by atoms with Crippen molar-refractivity contribution >= 4 is 41.1 Å². The highest BCUT2D eigenvalue weighted by molar-refractivity contribution is 6.35. The van der Waals surface area contributed by atoms with Crippen LogP contribution in [0.3, 0.4) is 0 Å². The van der Waals surface area contributed by atoms with Crippen molar-refractivity contribution in [3.05, 3.63) is 80.4 Å². The molecule has 0 N–H and O–H groups in total. The average molecular weight is 485 g/mol. The van der Waals surface area contributed by atoms with Crippen LogP contribution in [0.2, 0.25) is 10.0 Å². The SMILES string of the molecule is COCCCN1C(=O)C(C#N)=C(C)/C(=C\c2ccc(OCc3ccc(Cl)cc3Cl)cc2)C1=O. The van der Waals surface area contributed by atoms with E-state index >= 15 is 0 Å². The van der Waals surface area contributed by atoms with E-state index in [1.165, 1.54) is 0 Å². The molecule has 0 spiro atoms. The van der Waals surface area contributed by atoms with E-state index in [2.05, 4.69) is 0 Å². The van der Waals surface area contributed by atoms with Crippen molar-refractivity contribution in [2.45, 2.75) is 20.0 Å². The molecule has 2 amide bonds. The number of carbonyl (C=O) groups is 2. The topological polar surface area (TPSA) is 79.6 Å². The molecular formula is C25H22Cl2N2O4. The molecule has 170 valence electrons. The fourth-order valence-corrected chi connectivity index (χ4v) is 3.79. The Morgan fingerprint density at radius 2 is 1.82 bits per heavy atom. The smallest absolute Gasteiger partial charge is 0.271 e. The molecule has 6 nitrogen and oxygen atoms in total. The van der Waals surface area contributed by atoms with Crippen molar-refractivity contribution in [2.24, 2.45) is 0 Å². The molecule has 0 aliphatic carbocycles. The second-order valence-corrected chi connectivity index (χ2v) is 8.22. The van der Waals surface area contributed by atoms with Crippen LogP contribution < -0.4 is 4.74 Å². The second kappa shape index (κ2) is 11.2. The molecule has 0 saturated carbocycles. The maximum Gasteiger partial charge on any atom is 0.271 e. The number of hydrogen-bond donors (Lipinski definition) is 0. The van der Waals surface area contributed by atoms with Gasteiger partial charge < -0.3 is 9.47 Å². The van der Waals surface area contributed by atoms with E-state index in [9.17, 15) is 14.9 Å². The third-order valence-electron chi connectivity index (χ3n) is 5.16. The van der Waals surface area contributed by atoms with Crippen molar-refractivity contribution in [1.82, 2.24) is 4.90 Å². The van der Waals surface area contributed by atoms with Crippen LogP contribution >= 0.6 is 23.2 Å². The summed E-state index contributed by atoms with van der Waals surface area (Å²) in [5.41, 5.74) is 2.19. The largest absolute Gasteiger partial charge is 0.489 e. The molecule has 3 rings (SSSR count). The summed E-state index contributed by atoms with van der Waals surface area (Å²) in [4.78, 5) is 26.7. The Labute approximate surface area is 202 Å². The summed E-state index contributed by atoms with van der Waals surface area (Å²) in [7, 11) is 1.55. The Morgan fingerprint density at radius 1 is 1.09 bits per heavy atom. The minimum Gasteiger partial charge on any atom is -0.489 e. The lowest BCUT2D eigenvalue weighted by molar-refractivity contribution is -0.140. The number of ether oxygens (including phenoxy) is 2. The number of halogens is 2. The molecule has 0 saturated heterocycles. The van der Waals surface area contributed by atoms with Crippen molar-refractivity contribution in [3.63, 3.8) is 0 Å². The van der Waals surface area contributed by atoms with E-state index in [-0.39, 0.29) is 18.7 Å². The molecular weight excluding hydrogens is 463 g/mol. The Hall–Kier alpha value is -3.11. The highest BCUT2D eigenvalue weighted by atomic mass is 35.5. The molecule has 0 bridgehead atoms. The highest BCUT2D eigenvalue weighted by Crippen LogP contribution is 2.28. The van der Waals surface area contributed by atoms with Gasteiger partial charge in [-0.25, -0.2) is 0 Å². The maximum absolute atomic E-state index is 13.0. The summed E-state index contributed by atoms with van der Waals surface area (Å²) in [5, 5.41) is 10.5. The number of imide groups is 1. The van der Waals surface area contributed by atoms with Gasteiger partial charge in [0.1, 0.15) is 24.0 Å². The van der Waals surface area contributed by atoms with Crippen LogP contribution in [0.4, 0.5) is 0 Å². The molecule has 0 aromatic heterocycles. The van der Waals surface area contributed by atoms with Crippen molar-refractivity contribution in [3.8, 4) is 11.8 Å². The quantitative estimate of drug-likeness (QED) is 0.292. The number of benzene rings is 2. The van der Waals surface area contributed by atoms with E-state index < -0.39 is 11.8 Å². The summed E-state index contributed by atoms with van der Waals surface area (Å²) in [6, 6.07) is 14.3. The van der Waals surface area contributed by atoms with Gasteiger partial charge in [-0.2, -0.15) is 5.26 Å². The summed E-state index contributed by atoms with van der Waals surface area (Å²) in [5.74, 6) is -0.373. The van der Waals surface area contributed by atoms with E-state index in [0.29, 0.717) is 40.0 Å². The van der Waals surface area contributed by atoms with E-state index in [4.69, 9.17) is 32.7 Å². The third-order valence-corrected chi connectivity index (χ3v) is 5.74. The fourth-order valence-electron chi connectivity index (χ4n) is 3.33. The standard InChI is InChI=1S/C25H22Cl2N2O4/c1-16-21(24(30)29(10-3-11-32-2)25(31)22(16)14-28)12-17-4-8-20(9-5-17)33-15-18-6-7-19(26)13-23(18)27/h4-9,12-13H,3,10-11,15H2,1-2H3/b21-12+. The first-order chi connectivity index (χ1) is 15.8. The van der Waals surface area contributed by atoms with Gasteiger partial charge in [-0.15, -0.1) is 0 Å². The number of carbonyl (C=O) groups excluding carboxylic acids is 2. The highest BCUT2D eigenvalue weighted by Gasteiger charge is 2.34. The zero-order valence-electron chi connectivity index (χ0n) is 18.2. The van der Waals surface area contributed by atoms with E-state index in [0.717, 1.165) is 16.0 Å². The van der Waals surface area contributed by atoms with Crippen LogP contribution in [0.1, 0.15) is 24.5 Å². The lowest BCUT2D eigenvalue weighted by Crippen LogP contribution is -2.43. The minimum atomic E-state index is -0.571. The molecule has 0 radical (unpaired) electrons. The first kappa shape index (κ1) is 24.5. The summed E-state index contributed by atoms with van der Waals surface area (Å²) >= 11 is 12.1. The molecule has 8 heteroatoms. The summed E-state index contributed by atoms with van der Waals surface area (Å²) in [6.45, 7) is 2.48. The number of rotatable bonds is 8. The van der Waals surface area contributed by atoms with Gasteiger partial charge in [0, 0.05) is 41.4 Å². The van der Waals surface area contributed by atoms with Gasteiger partial charge in [-0.05, 0) is 54.8 Å². The minimum absolute atomic E-state index is 0.0296. The van der Waals surface area contributed by atoms with Gasteiger partial charge in [0.25, 0.3) is 11.8 Å². The van der Waals surface area contributed by atoms with E-state index in [1.54, 1.807) is 62.6 Å². The Morgan fingerprint density at radius 3 is 2.45 bits per heavy atom. The summed E-state index contributed by atoms with van der Waals surface area (Å²) in [6.07, 6.45) is 2.16.